The molecule has 4 heteroatoms. The van der Waals surface area contributed by atoms with Gasteiger partial charge in [-0.3, -0.25) is 0 Å². The summed E-state index contributed by atoms with van der Waals surface area (Å²) in [4.78, 5) is 10.7. The van der Waals surface area contributed by atoms with E-state index in [9.17, 15) is 4.79 Å². The van der Waals surface area contributed by atoms with Crippen molar-refractivity contribution in [1.82, 2.24) is 0 Å². The highest BCUT2D eigenvalue weighted by atomic mass is 16.5. The predicted octanol–water partition coefficient (Wildman–Crippen LogP) is 2.50. The zero-order valence-corrected chi connectivity index (χ0v) is 10.4. The smallest absolute Gasteiger partial charge is 0.328 e. The number of carbonyl (C=O) groups is 1. The van der Waals surface area contributed by atoms with Gasteiger partial charge in [-0.15, -0.1) is 0 Å². The van der Waals surface area contributed by atoms with E-state index >= 15 is 0 Å². The lowest BCUT2D eigenvalue weighted by molar-refractivity contribution is -0.131. The van der Waals surface area contributed by atoms with Crippen LogP contribution in [0.2, 0.25) is 0 Å². The van der Waals surface area contributed by atoms with Crippen LogP contribution in [0.5, 0.6) is 11.5 Å². The Hall–Kier alpha value is -1.97. The first-order valence-corrected chi connectivity index (χ1v) is 5.13. The van der Waals surface area contributed by atoms with Gasteiger partial charge < -0.3 is 14.6 Å². The van der Waals surface area contributed by atoms with Crippen LogP contribution in [0, 0.1) is 6.92 Å². The number of ether oxygens (including phenoxy) is 2. The number of allylic oxidation sites excluding steroid dienone is 1. The molecule has 92 valence electrons. The molecule has 1 N–H and O–H groups in total. The lowest BCUT2D eigenvalue weighted by Gasteiger charge is -2.14. The number of aryl methyl sites for hydroxylation is 1. The first-order valence-electron chi connectivity index (χ1n) is 5.13. The van der Waals surface area contributed by atoms with E-state index in [2.05, 4.69) is 0 Å². The van der Waals surface area contributed by atoms with Gasteiger partial charge in [-0.25, -0.2) is 4.79 Å². The van der Waals surface area contributed by atoms with Crippen LogP contribution in [0.3, 0.4) is 0 Å². The fourth-order valence-corrected chi connectivity index (χ4v) is 1.69. The number of carboxylic acid groups (broad SMARTS) is 1. The van der Waals surface area contributed by atoms with Crippen LogP contribution in [0.1, 0.15) is 18.1 Å². The Bertz CT molecular complexity index is 435. The lowest BCUT2D eigenvalue weighted by atomic mass is 10.0. The van der Waals surface area contributed by atoms with Crippen molar-refractivity contribution in [2.45, 2.75) is 13.8 Å². The molecule has 17 heavy (non-hydrogen) atoms. The average molecular weight is 236 g/mol. The third kappa shape index (κ3) is 3.00. The van der Waals surface area contributed by atoms with Crippen molar-refractivity contribution in [1.29, 1.82) is 0 Å². The van der Waals surface area contributed by atoms with Gasteiger partial charge in [0.1, 0.15) is 11.5 Å². The summed E-state index contributed by atoms with van der Waals surface area (Å²) in [5.41, 5.74) is 2.25. The normalized spacial score (nSPS) is 11.2. The molecule has 0 aliphatic carbocycles. The molecule has 4 nitrogen and oxygen atoms in total. The number of hydrogen-bond acceptors (Lipinski definition) is 3. The molecule has 0 aliphatic rings. The second kappa shape index (κ2) is 5.39. The quantitative estimate of drug-likeness (QED) is 0.816. The molecule has 0 saturated carbocycles. The van der Waals surface area contributed by atoms with Gasteiger partial charge in [0.05, 0.1) is 19.8 Å². The molecule has 0 unspecified atom stereocenters. The minimum absolute atomic E-state index is 0.589. The molecule has 0 aliphatic heterocycles. The van der Waals surface area contributed by atoms with Crippen molar-refractivity contribution in [2.24, 2.45) is 0 Å². The maximum atomic E-state index is 10.7. The standard InChI is InChI=1S/C13H16O4/c1-8-5-10(16-3)13(11(6-8)17-4)9(2)7-12(14)15/h5-7H,1-4H3,(H,14,15)/b9-7+. The van der Waals surface area contributed by atoms with Crippen LogP contribution in [0.25, 0.3) is 5.57 Å². The molecule has 1 aromatic carbocycles. The molecule has 0 fully saturated rings. The van der Waals surface area contributed by atoms with Gasteiger partial charge >= 0.3 is 5.97 Å². The number of aliphatic carboxylic acids is 1. The Morgan fingerprint density at radius 1 is 1.24 bits per heavy atom. The number of rotatable bonds is 4. The topological polar surface area (TPSA) is 55.8 Å². The fraction of sp³-hybridized carbons (Fsp3) is 0.308. The zero-order chi connectivity index (χ0) is 13.0. The van der Waals surface area contributed by atoms with E-state index in [4.69, 9.17) is 14.6 Å². The van der Waals surface area contributed by atoms with Crippen LogP contribution in [0.4, 0.5) is 0 Å². The maximum Gasteiger partial charge on any atom is 0.328 e. The second-order valence-corrected chi connectivity index (χ2v) is 3.71. The second-order valence-electron chi connectivity index (χ2n) is 3.71. The Morgan fingerprint density at radius 2 is 1.71 bits per heavy atom. The Kier molecular flexibility index (Phi) is 4.15. The van der Waals surface area contributed by atoms with Crippen LogP contribution in [-0.4, -0.2) is 25.3 Å². The summed E-state index contributed by atoms with van der Waals surface area (Å²) in [6, 6.07) is 3.69. The maximum absolute atomic E-state index is 10.7. The van der Waals surface area contributed by atoms with Crippen molar-refractivity contribution in [3.8, 4) is 11.5 Å². The van der Waals surface area contributed by atoms with Crippen LogP contribution in [0.15, 0.2) is 18.2 Å². The molecule has 0 atom stereocenters. The van der Waals surface area contributed by atoms with E-state index in [1.54, 1.807) is 21.1 Å². The zero-order valence-electron chi connectivity index (χ0n) is 10.4. The van der Waals surface area contributed by atoms with Gasteiger partial charge in [0.25, 0.3) is 0 Å². The van der Waals surface area contributed by atoms with Crippen molar-refractivity contribution in [3.05, 3.63) is 29.3 Å². The predicted molar refractivity (Wildman–Crippen MR) is 65.6 cm³/mol. The summed E-state index contributed by atoms with van der Waals surface area (Å²) in [6.07, 6.45) is 1.13. The first-order chi connectivity index (χ1) is 7.99. The molecular formula is C13H16O4. The Labute approximate surface area is 100 Å². The van der Waals surface area contributed by atoms with Gasteiger partial charge in [-0.2, -0.15) is 0 Å². The summed E-state index contributed by atoms with van der Waals surface area (Å²) < 4.78 is 10.5. The van der Waals surface area contributed by atoms with E-state index < -0.39 is 5.97 Å². The number of hydrogen-bond donors (Lipinski definition) is 1. The minimum atomic E-state index is -0.993. The molecule has 0 bridgehead atoms. The third-order valence-corrected chi connectivity index (χ3v) is 2.38. The molecule has 0 saturated heterocycles. The van der Waals surface area contributed by atoms with E-state index in [1.807, 2.05) is 19.1 Å². The molecule has 0 heterocycles. The summed E-state index contributed by atoms with van der Waals surface area (Å²) in [5.74, 6) is 0.223. The van der Waals surface area contributed by atoms with Crippen LogP contribution < -0.4 is 9.47 Å². The van der Waals surface area contributed by atoms with Crippen LogP contribution >= 0.6 is 0 Å². The van der Waals surface area contributed by atoms with E-state index in [1.165, 1.54) is 0 Å². The van der Waals surface area contributed by atoms with Gasteiger partial charge in [0.15, 0.2) is 0 Å². The number of benzene rings is 1. The Morgan fingerprint density at radius 3 is 2.06 bits per heavy atom. The van der Waals surface area contributed by atoms with Crippen molar-refractivity contribution in [3.63, 3.8) is 0 Å². The molecular weight excluding hydrogens is 220 g/mol. The van der Waals surface area contributed by atoms with Gasteiger partial charge in [0.2, 0.25) is 0 Å². The van der Waals surface area contributed by atoms with Gasteiger partial charge in [-0.05, 0) is 37.1 Å². The summed E-state index contributed by atoms with van der Waals surface area (Å²) in [7, 11) is 3.09. The third-order valence-electron chi connectivity index (χ3n) is 2.38. The number of methoxy groups -OCH3 is 2. The summed E-state index contributed by atoms with van der Waals surface area (Å²) >= 11 is 0. The van der Waals surface area contributed by atoms with Crippen LogP contribution in [-0.2, 0) is 4.79 Å². The summed E-state index contributed by atoms with van der Waals surface area (Å²) in [6.45, 7) is 3.63. The van der Waals surface area contributed by atoms with Crippen molar-refractivity contribution in [2.75, 3.05) is 14.2 Å². The minimum Gasteiger partial charge on any atom is -0.496 e. The highest BCUT2D eigenvalue weighted by Crippen LogP contribution is 2.35. The molecule has 0 radical (unpaired) electrons. The first kappa shape index (κ1) is 13.1. The highest BCUT2D eigenvalue weighted by Gasteiger charge is 2.13. The SMILES string of the molecule is COc1cc(C)cc(OC)c1/C(C)=C/C(=O)O. The summed E-state index contributed by atoms with van der Waals surface area (Å²) in [5, 5.41) is 8.77. The van der Waals surface area contributed by atoms with Gasteiger partial charge in [-0.1, -0.05) is 0 Å². The monoisotopic (exact) mass is 236 g/mol. The lowest BCUT2D eigenvalue weighted by Crippen LogP contribution is -1.98. The Balaban J connectivity index is 3.43. The van der Waals surface area contributed by atoms with E-state index in [-0.39, 0.29) is 0 Å². The molecule has 0 aromatic heterocycles. The van der Waals surface area contributed by atoms with E-state index in [0.717, 1.165) is 11.6 Å². The van der Waals surface area contributed by atoms with E-state index in [0.29, 0.717) is 22.6 Å². The van der Waals surface area contributed by atoms with Crippen molar-refractivity contribution < 1.29 is 19.4 Å². The molecule has 0 spiro atoms. The molecule has 1 aromatic rings. The fourth-order valence-electron chi connectivity index (χ4n) is 1.69. The van der Waals surface area contributed by atoms with Crippen molar-refractivity contribution >= 4 is 11.5 Å². The van der Waals surface area contributed by atoms with Gasteiger partial charge in [0, 0.05) is 6.08 Å². The average Bonchev–Trinajstić information content (AvgIpc) is 2.26. The number of carboxylic acids is 1. The highest BCUT2D eigenvalue weighted by molar-refractivity contribution is 5.91. The largest absolute Gasteiger partial charge is 0.496 e. The molecule has 1 rings (SSSR count). The molecule has 0 amide bonds.